The number of allylic oxidation sites excluding steroid dienone is 2. The van der Waals surface area contributed by atoms with Gasteiger partial charge in [0.1, 0.15) is 6.17 Å². The van der Waals surface area contributed by atoms with Gasteiger partial charge in [0.2, 0.25) is 0 Å². The van der Waals surface area contributed by atoms with Gasteiger partial charge in [-0.15, -0.1) is 0 Å². The highest BCUT2D eigenvalue weighted by atomic mass is 19.1. The Labute approximate surface area is 79.0 Å². The Balaban J connectivity index is 2.14. The quantitative estimate of drug-likeness (QED) is 0.562. The summed E-state index contributed by atoms with van der Waals surface area (Å²) in [4.78, 5) is 0. The van der Waals surface area contributed by atoms with Crippen molar-refractivity contribution in [2.24, 2.45) is 11.8 Å². The van der Waals surface area contributed by atoms with Crippen molar-refractivity contribution >= 4 is 0 Å². The second-order valence-corrected chi connectivity index (χ2v) is 4.55. The first-order valence-corrected chi connectivity index (χ1v) is 5.14. The monoisotopic (exact) mass is 184 g/mol. The van der Waals surface area contributed by atoms with Crippen LogP contribution in [0.1, 0.15) is 33.1 Å². The minimum absolute atomic E-state index is 0.146. The van der Waals surface area contributed by atoms with Crippen LogP contribution < -0.4 is 0 Å². The zero-order valence-electron chi connectivity index (χ0n) is 8.35. The lowest BCUT2D eigenvalue weighted by atomic mass is 9.83. The maximum atomic E-state index is 13.4. The molecular weight excluding hydrogens is 167 g/mol. The van der Waals surface area contributed by atoms with Crippen molar-refractivity contribution in [2.75, 3.05) is 6.61 Å². The van der Waals surface area contributed by atoms with Crippen LogP contribution in [0.5, 0.6) is 0 Å². The van der Waals surface area contributed by atoms with Crippen LogP contribution in [0.15, 0.2) is 11.3 Å². The number of halogens is 1. The van der Waals surface area contributed by atoms with Crippen LogP contribution in [-0.4, -0.2) is 12.8 Å². The minimum atomic E-state index is -0.646. The Morgan fingerprint density at radius 1 is 1.23 bits per heavy atom. The molecule has 0 saturated heterocycles. The van der Waals surface area contributed by atoms with Crippen molar-refractivity contribution in [1.82, 2.24) is 0 Å². The summed E-state index contributed by atoms with van der Waals surface area (Å²) in [6, 6.07) is 0. The molecule has 0 spiro atoms. The molecule has 1 aliphatic carbocycles. The zero-order chi connectivity index (χ0) is 9.42. The van der Waals surface area contributed by atoms with Gasteiger partial charge in [-0.05, 0) is 23.8 Å². The summed E-state index contributed by atoms with van der Waals surface area (Å²) in [5.41, 5.74) is 1.24. The highest BCUT2D eigenvalue weighted by molar-refractivity contribution is 5.17. The number of alkyl halides is 1. The van der Waals surface area contributed by atoms with E-state index in [1.165, 1.54) is 5.57 Å². The lowest BCUT2D eigenvalue weighted by molar-refractivity contribution is 0.0985. The zero-order valence-corrected chi connectivity index (χ0v) is 8.35. The second kappa shape index (κ2) is 3.32. The van der Waals surface area contributed by atoms with E-state index in [-0.39, 0.29) is 5.92 Å². The van der Waals surface area contributed by atoms with Crippen LogP contribution in [0.25, 0.3) is 0 Å². The third kappa shape index (κ3) is 1.72. The Morgan fingerprint density at radius 3 is 2.77 bits per heavy atom. The van der Waals surface area contributed by atoms with Gasteiger partial charge in [0.15, 0.2) is 0 Å². The summed E-state index contributed by atoms with van der Waals surface area (Å²) in [6.07, 6.45) is 1.82. The predicted molar refractivity (Wildman–Crippen MR) is 50.1 cm³/mol. The highest BCUT2D eigenvalue weighted by Crippen LogP contribution is 2.37. The van der Waals surface area contributed by atoms with E-state index in [0.29, 0.717) is 12.3 Å². The molecule has 1 heterocycles. The lowest BCUT2D eigenvalue weighted by Gasteiger charge is -2.33. The molecule has 1 aliphatic heterocycles. The van der Waals surface area contributed by atoms with E-state index in [1.54, 1.807) is 0 Å². The van der Waals surface area contributed by atoms with E-state index in [4.69, 9.17) is 4.74 Å². The van der Waals surface area contributed by atoms with Gasteiger partial charge in [0, 0.05) is 12.8 Å². The number of hydrogen-bond acceptors (Lipinski definition) is 1. The van der Waals surface area contributed by atoms with Gasteiger partial charge >= 0.3 is 0 Å². The third-order valence-electron chi connectivity index (χ3n) is 3.10. The first-order chi connectivity index (χ1) is 6.16. The van der Waals surface area contributed by atoms with E-state index in [2.05, 4.69) is 6.92 Å². The van der Waals surface area contributed by atoms with Gasteiger partial charge in [-0.2, -0.15) is 0 Å². The average Bonchev–Trinajstić information content (AvgIpc) is 2.08. The maximum absolute atomic E-state index is 13.4. The summed E-state index contributed by atoms with van der Waals surface area (Å²) < 4.78 is 19.0. The largest absolute Gasteiger partial charge is 0.498 e. The van der Waals surface area contributed by atoms with Gasteiger partial charge in [-0.25, -0.2) is 4.39 Å². The van der Waals surface area contributed by atoms with Crippen LogP contribution in [0.2, 0.25) is 0 Å². The van der Waals surface area contributed by atoms with Gasteiger partial charge in [-0.3, -0.25) is 0 Å². The van der Waals surface area contributed by atoms with Crippen molar-refractivity contribution in [3.63, 3.8) is 0 Å². The third-order valence-corrected chi connectivity index (χ3v) is 3.10. The Morgan fingerprint density at radius 2 is 2.00 bits per heavy atom. The van der Waals surface area contributed by atoms with E-state index < -0.39 is 6.17 Å². The standard InChI is InChI=1S/C11H17FO/c1-7-3-9-5-10(12)8(2)4-11(9)13-6-7/h7-8,10H,3-6H2,1-2H3. The molecule has 0 N–H and O–H groups in total. The van der Waals surface area contributed by atoms with E-state index in [0.717, 1.165) is 25.2 Å². The van der Waals surface area contributed by atoms with E-state index in [1.807, 2.05) is 6.92 Å². The second-order valence-electron chi connectivity index (χ2n) is 4.55. The van der Waals surface area contributed by atoms with Crippen LogP contribution in [0.4, 0.5) is 4.39 Å². The Kier molecular flexibility index (Phi) is 2.31. The first kappa shape index (κ1) is 9.04. The molecule has 0 bridgehead atoms. The summed E-state index contributed by atoms with van der Waals surface area (Å²) >= 11 is 0. The van der Waals surface area contributed by atoms with Crippen LogP contribution in [0.3, 0.4) is 0 Å². The summed E-state index contributed by atoms with van der Waals surface area (Å²) in [5, 5.41) is 0. The molecule has 2 rings (SSSR count). The lowest BCUT2D eigenvalue weighted by Crippen LogP contribution is -2.26. The predicted octanol–water partition coefficient (Wildman–Crippen LogP) is 3.06. The summed E-state index contributed by atoms with van der Waals surface area (Å²) in [7, 11) is 0. The van der Waals surface area contributed by atoms with Crippen LogP contribution >= 0.6 is 0 Å². The molecular formula is C11H17FO. The van der Waals surface area contributed by atoms with Gasteiger partial charge < -0.3 is 4.74 Å². The fraction of sp³-hybridized carbons (Fsp3) is 0.818. The van der Waals surface area contributed by atoms with Crippen molar-refractivity contribution in [3.05, 3.63) is 11.3 Å². The normalized spacial score (nSPS) is 39.8. The number of ether oxygens (including phenoxy) is 1. The van der Waals surface area contributed by atoms with Gasteiger partial charge in [0.25, 0.3) is 0 Å². The molecule has 0 fully saturated rings. The molecule has 0 aromatic rings. The molecule has 0 amide bonds. The van der Waals surface area contributed by atoms with Crippen LogP contribution in [-0.2, 0) is 4.74 Å². The van der Waals surface area contributed by atoms with Crippen molar-refractivity contribution in [3.8, 4) is 0 Å². The Bertz CT molecular complexity index is 234. The van der Waals surface area contributed by atoms with Gasteiger partial charge in [-0.1, -0.05) is 13.8 Å². The molecule has 0 saturated carbocycles. The van der Waals surface area contributed by atoms with Crippen molar-refractivity contribution in [2.45, 2.75) is 39.3 Å². The molecule has 1 nitrogen and oxygen atoms in total. The first-order valence-electron chi connectivity index (χ1n) is 5.14. The average molecular weight is 184 g/mol. The van der Waals surface area contributed by atoms with Gasteiger partial charge in [0.05, 0.1) is 12.4 Å². The van der Waals surface area contributed by atoms with E-state index >= 15 is 0 Å². The molecule has 13 heavy (non-hydrogen) atoms. The SMILES string of the molecule is CC1COC2=C(C1)CC(F)C(C)C2. The van der Waals surface area contributed by atoms with Crippen molar-refractivity contribution in [1.29, 1.82) is 0 Å². The number of rotatable bonds is 0. The molecule has 2 aliphatic rings. The van der Waals surface area contributed by atoms with E-state index in [9.17, 15) is 4.39 Å². The molecule has 0 aromatic heterocycles. The summed E-state index contributed by atoms with van der Waals surface area (Å²) in [6.45, 7) is 4.95. The van der Waals surface area contributed by atoms with Crippen LogP contribution in [0, 0.1) is 11.8 Å². The summed E-state index contributed by atoms with van der Waals surface area (Å²) in [5.74, 6) is 1.81. The molecule has 2 heteroatoms. The molecule has 0 aromatic carbocycles. The molecule has 74 valence electrons. The fourth-order valence-corrected chi connectivity index (χ4v) is 2.20. The maximum Gasteiger partial charge on any atom is 0.107 e. The highest BCUT2D eigenvalue weighted by Gasteiger charge is 2.31. The minimum Gasteiger partial charge on any atom is -0.498 e. The van der Waals surface area contributed by atoms with Crippen molar-refractivity contribution < 1.29 is 9.13 Å². The molecule has 3 unspecified atom stereocenters. The Hall–Kier alpha value is -0.530. The molecule has 0 radical (unpaired) electrons. The fourth-order valence-electron chi connectivity index (χ4n) is 2.20. The topological polar surface area (TPSA) is 9.23 Å². The smallest absolute Gasteiger partial charge is 0.107 e. The molecule has 3 atom stereocenters. The number of hydrogen-bond donors (Lipinski definition) is 0.